The second-order valence-corrected chi connectivity index (χ2v) is 4.56. The lowest BCUT2D eigenvalue weighted by Gasteiger charge is -2.08. The van der Waals surface area contributed by atoms with E-state index < -0.39 is 0 Å². The van der Waals surface area contributed by atoms with E-state index in [0.717, 1.165) is 4.57 Å². The highest BCUT2D eigenvalue weighted by molar-refractivity contribution is 6.30. The van der Waals surface area contributed by atoms with Gasteiger partial charge in [-0.3, -0.25) is 9.36 Å². The Kier molecular flexibility index (Phi) is 3.71. The summed E-state index contributed by atoms with van der Waals surface area (Å²) in [4.78, 5) is 27.5. The maximum absolute atomic E-state index is 11.9. The smallest absolute Gasteiger partial charge is 0.330 e. The fourth-order valence-electron chi connectivity index (χ4n) is 1.67. The van der Waals surface area contributed by atoms with Gasteiger partial charge in [-0.05, 0) is 12.1 Å². The van der Waals surface area contributed by atoms with E-state index in [4.69, 9.17) is 11.6 Å². The Hall–Kier alpha value is -2.08. The van der Waals surface area contributed by atoms with Crippen molar-refractivity contribution in [2.45, 2.75) is 6.54 Å². The first-order chi connectivity index (χ1) is 8.99. The number of nitrogens with one attached hydrogen (secondary N) is 1. The van der Waals surface area contributed by atoms with Gasteiger partial charge >= 0.3 is 5.69 Å². The second-order valence-electron chi connectivity index (χ2n) is 4.13. The van der Waals surface area contributed by atoms with Crippen LogP contribution in [-0.2, 0) is 20.6 Å². The van der Waals surface area contributed by atoms with Crippen LogP contribution < -0.4 is 16.6 Å². The lowest BCUT2D eigenvalue weighted by molar-refractivity contribution is 0.671. The Bertz CT molecular complexity index is 703. The molecule has 0 unspecified atom stereocenters. The number of aromatic nitrogens is 3. The Morgan fingerprint density at radius 3 is 2.68 bits per heavy atom. The number of halogens is 1. The summed E-state index contributed by atoms with van der Waals surface area (Å²) in [7, 11) is 3.06. The third-order valence-corrected chi connectivity index (χ3v) is 2.93. The molecule has 2 aromatic heterocycles. The molecule has 0 saturated heterocycles. The highest BCUT2D eigenvalue weighted by atomic mass is 35.5. The fraction of sp³-hybridized carbons (Fsp3) is 0.250. The Balaban J connectivity index is 2.23. The number of nitrogens with zero attached hydrogens (tertiary/aromatic N) is 3. The first-order valence-corrected chi connectivity index (χ1v) is 5.98. The Labute approximate surface area is 114 Å². The van der Waals surface area contributed by atoms with Gasteiger partial charge in [0.2, 0.25) is 0 Å². The van der Waals surface area contributed by atoms with E-state index in [-0.39, 0.29) is 17.8 Å². The van der Waals surface area contributed by atoms with Crippen LogP contribution in [0.5, 0.6) is 0 Å². The van der Waals surface area contributed by atoms with Gasteiger partial charge in [-0.25, -0.2) is 9.78 Å². The standard InChI is InChI=1S/C12H13ClN4O2/c1-16-7-8(11(18)17(2)12(16)19)5-14-10-4-3-9(13)6-15-10/h3-4,6-7H,5H2,1-2H3,(H,14,15). The Morgan fingerprint density at radius 2 is 2.05 bits per heavy atom. The molecule has 0 radical (unpaired) electrons. The van der Waals surface area contributed by atoms with E-state index >= 15 is 0 Å². The van der Waals surface area contributed by atoms with Crippen LogP contribution in [0.2, 0.25) is 5.02 Å². The minimum atomic E-state index is -0.349. The predicted octanol–water partition coefficient (Wildman–Crippen LogP) is 0.744. The molecule has 0 amide bonds. The zero-order valence-electron chi connectivity index (χ0n) is 10.6. The molecule has 6 nitrogen and oxygen atoms in total. The van der Waals surface area contributed by atoms with Crippen molar-refractivity contribution in [1.29, 1.82) is 0 Å². The molecule has 0 atom stereocenters. The second kappa shape index (κ2) is 5.27. The molecule has 0 fully saturated rings. The van der Waals surface area contributed by atoms with Gasteiger partial charge < -0.3 is 9.88 Å². The maximum Gasteiger partial charge on any atom is 0.330 e. The van der Waals surface area contributed by atoms with Crippen LogP contribution in [0.25, 0.3) is 0 Å². The molecule has 0 saturated carbocycles. The molecule has 7 heteroatoms. The quantitative estimate of drug-likeness (QED) is 0.901. The normalized spacial score (nSPS) is 10.5. The largest absolute Gasteiger partial charge is 0.366 e. The SMILES string of the molecule is Cn1cc(CNc2ccc(Cl)cn2)c(=O)n(C)c1=O. The van der Waals surface area contributed by atoms with Crippen molar-refractivity contribution in [3.05, 3.63) is 56.0 Å². The van der Waals surface area contributed by atoms with Crippen LogP contribution in [0.3, 0.4) is 0 Å². The number of hydrogen-bond donors (Lipinski definition) is 1. The minimum absolute atomic E-state index is 0.287. The molecular formula is C12H13ClN4O2. The molecule has 0 spiro atoms. The van der Waals surface area contributed by atoms with Crippen molar-refractivity contribution in [2.24, 2.45) is 14.1 Å². The minimum Gasteiger partial charge on any atom is -0.366 e. The molecule has 19 heavy (non-hydrogen) atoms. The van der Waals surface area contributed by atoms with Crippen LogP contribution in [0.15, 0.2) is 34.1 Å². The van der Waals surface area contributed by atoms with Crippen molar-refractivity contribution < 1.29 is 0 Å². The zero-order chi connectivity index (χ0) is 14.0. The van der Waals surface area contributed by atoms with E-state index in [1.165, 1.54) is 24.0 Å². The molecule has 100 valence electrons. The highest BCUT2D eigenvalue weighted by Gasteiger charge is 2.06. The predicted molar refractivity (Wildman–Crippen MR) is 73.5 cm³/mol. The molecule has 2 aromatic rings. The van der Waals surface area contributed by atoms with Crippen molar-refractivity contribution in [1.82, 2.24) is 14.1 Å². The first-order valence-electron chi connectivity index (χ1n) is 5.60. The summed E-state index contributed by atoms with van der Waals surface area (Å²) < 4.78 is 2.44. The van der Waals surface area contributed by atoms with Crippen LogP contribution in [0.4, 0.5) is 5.82 Å². The van der Waals surface area contributed by atoms with E-state index in [1.807, 2.05) is 0 Å². The Morgan fingerprint density at radius 1 is 1.32 bits per heavy atom. The molecule has 1 N–H and O–H groups in total. The van der Waals surface area contributed by atoms with E-state index in [2.05, 4.69) is 10.3 Å². The van der Waals surface area contributed by atoms with Crippen LogP contribution in [0.1, 0.15) is 5.56 Å². The lowest BCUT2D eigenvalue weighted by atomic mass is 10.3. The zero-order valence-corrected chi connectivity index (χ0v) is 11.3. The molecule has 0 bridgehead atoms. The van der Waals surface area contributed by atoms with E-state index in [1.54, 1.807) is 19.2 Å². The van der Waals surface area contributed by atoms with Crippen molar-refractivity contribution in [3.8, 4) is 0 Å². The van der Waals surface area contributed by atoms with E-state index in [9.17, 15) is 9.59 Å². The monoisotopic (exact) mass is 280 g/mol. The van der Waals surface area contributed by atoms with Crippen LogP contribution in [-0.4, -0.2) is 14.1 Å². The molecule has 0 aliphatic heterocycles. The fourth-order valence-corrected chi connectivity index (χ4v) is 1.78. The molecule has 2 rings (SSSR count). The van der Waals surface area contributed by atoms with Gasteiger partial charge in [-0.1, -0.05) is 11.6 Å². The number of aryl methyl sites for hydroxylation is 1. The number of anilines is 1. The molecule has 0 aliphatic rings. The summed E-state index contributed by atoms with van der Waals surface area (Å²) >= 11 is 5.73. The van der Waals surface area contributed by atoms with Crippen LogP contribution >= 0.6 is 11.6 Å². The number of pyridine rings is 1. The molecular weight excluding hydrogens is 268 g/mol. The lowest BCUT2D eigenvalue weighted by Crippen LogP contribution is -2.38. The summed E-state index contributed by atoms with van der Waals surface area (Å²) in [5, 5.41) is 3.55. The number of hydrogen-bond acceptors (Lipinski definition) is 4. The van der Waals surface area contributed by atoms with Crippen molar-refractivity contribution >= 4 is 17.4 Å². The van der Waals surface area contributed by atoms with Gasteiger partial charge in [-0.15, -0.1) is 0 Å². The molecule has 2 heterocycles. The molecule has 0 aliphatic carbocycles. The first kappa shape index (κ1) is 13.4. The average molecular weight is 281 g/mol. The van der Waals surface area contributed by atoms with Crippen LogP contribution in [0, 0.1) is 0 Å². The summed E-state index contributed by atoms with van der Waals surface area (Å²) in [6.07, 6.45) is 3.04. The molecule has 0 aromatic carbocycles. The highest BCUT2D eigenvalue weighted by Crippen LogP contribution is 2.09. The summed E-state index contributed by atoms with van der Waals surface area (Å²) in [6.45, 7) is 0.287. The van der Waals surface area contributed by atoms with Gasteiger partial charge in [0.25, 0.3) is 5.56 Å². The summed E-state index contributed by atoms with van der Waals surface area (Å²) in [6, 6.07) is 3.42. The van der Waals surface area contributed by atoms with Crippen molar-refractivity contribution in [3.63, 3.8) is 0 Å². The third kappa shape index (κ3) is 2.85. The average Bonchev–Trinajstić information content (AvgIpc) is 2.41. The third-order valence-electron chi connectivity index (χ3n) is 2.70. The maximum atomic E-state index is 11.9. The number of rotatable bonds is 3. The summed E-state index contributed by atoms with van der Waals surface area (Å²) in [5.74, 6) is 0.611. The topological polar surface area (TPSA) is 68.9 Å². The van der Waals surface area contributed by atoms with Gasteiger partial charge in [0.05, 0.1) is 10.6 Å². The summed E-state index contributed by atoms with van der Waals surface area (Å²) in [5.41, 5.74) is -0.177. The van der Waals surface area contributed by atoms with Gasteiger partial charge in [0.15, 0.2) is 0 Å². The van der Waals surface area contributed by atoms with E-state index in [0.29, 0.717) is 16.4 Å². The van der Waals surface area contributed by atoms with Gasteiger partial charge in [0, 0.05) is 33.0 Å². The van der Waals surface area contributed by atoms with Gasteiger partial charge in [0.1, 0.15) is 5.82 Å². The van der Waals surface area contributed by atoms with Gasteiger partial charge in [-0.2, -0.15) is 0 Å². The van der Waals surface area contributed by atoms with Crippen molar-refractivity contribution in [2.75, 3.05) is 5.32 Å².